The van der Waals surface area contributed by atoms with E-state index >= 15 is 0 Å². The van der Waals surface area contributed by atoms with Crippen LogP contribution in [-0.2, 0) is 10.0 Å². The lowest BCUT2D eigenvalue weighted by Gasteiger charge is -2.13. The summed E-state index contributed by atoms with van der Waals surface area (Å²) in [5, 5.41) is 2.93. The van der Waals surface area contributed by atoms with Gasteiger partial charge in [0.25, 0.3) is 0 Å². The smallest absolute Gasteiger partial charge is 0.227 e. The molecule has 0 amide bonds. The van der Waals surface area contributed by atoms with Gasteiger partial charge in [0.1, 0.15) is 6.33 Å². The van der Waals surface area contributed by atoms with Gasteiger partial charge in [-0.25, -0.2) is 22.7 Å². The maximum atomic E-state index is 11.1. The predicted molar refractivity (Wildman–Crippen MR) is 60.8 cm³/mol. The minimum Gasteiger partial charge on any atom is -0.353 e. The van der Waals surface area contributed by atoms with E-state index in [0.717, 1.165) is 6.26 Å². The van der Waals surface area contributed by atoms with Gasteiger partial charge in [0, 0.05) is 20.1 Å². The summed E-state index contributed by atoms with van der Waals surface area (Å²) in [7, 11) is -1.65. The van der Waals surface area contributed by atoms with E-state index in [0.29, 0.717) is 19.0 Å². The Morgan fingerprint density at radius 1 is 1.50 bits per heavy atom. The van der Waals surface area contributed by atoms with E-state index < -0.39 is 10.0 Å². The van der Waals surface area contributed by atoms with Crippen molar-refractivity contribution in [3.8, 4) is 0 Å². The van der Waals surface area contributed by atoms with Crippen LogP contribution in [0.1, 0.15) is 0 Å². The Bertz CT molecular complexity index is 452. The van der Waals surface area contributed by atoms with Crippen molar-refractivity contribution in [1.29, 1.82) is 0 Å². The Balaban J connectivity index is 2.42. The van der Waals surface area contributed by atoms with Crippen LogP contribution in [0, 0.1) is 0 Å². The number of aromatic nitrogens is 3. The number of hydrogen-bond donors (Lipinski definition) is 1. The second kappa shape index (κ2) is 5.37. The molecule has 0 aromatic carbocycles. The Hall–Kier alpha value is -0.990. The van der Waals surface area contributed by atoms with E-state index in [-0.39, 0.29) is 5.28 Å². The summed E-state index contributed by atoms with van der Waals surface area (Å²) in [6, 6.07) is 0. The lowest BCUT2D eigenvalue weighted by molar-refractivity contribution is 0.486. The van der Waals surface area contributed by atoms with Crippen LogP contribution in [0.4, 0.5) is 5.95 Å². The highest BCUT2D eigenvalue weighted by Crippen LogP contribution is 2.01. The maximum Gasteiger partial charge on any atom is 0.227 e. The molecule has 0 aliphatic heterocycles. The predicted octanol–water partition coefficient (Wildman–Crippen LogP) is -0.172. The van der Waals surface area contributed by atoms with Crippen molar-refractivity contribution in [2.24, 2.45) is 0 Å². The van der Waals surface area contributed by atoms with Gasteiger partial charge < -0.3 is 5.32 Å². The highest BCUT2D eigenvalue weighted by atomic mass is 35.5. The number of nitrogens with one attached hydrogen (secondary N) is 1. The SMILES string of the molecule is CN(CCNc1ncnc(Cl)n1)S(C)(=O)=O. The third-order valence-corrected chi connectivity index (χ3v) is 3.32. The molecule has 0 aliphatic carbocycles. The van der Waals surface area contributed by atoms with Gasteiger partial charge in [-0.1, -0.05) is 0 Å². The molecule has 9 heteroatoms. The lowest BCUT2D eigenvalue weighted by Crippen LogP contribution is -2.30. The average molecular weight is 266 g/mol. The van der Waals surface area contributed by atoms with Gasteiger partial charge in [0.2, 0.25) is 21.3 Å². The molecule has 0 atom stereocenters. The second-order valence-electron chi connectivity index (χ2n) is 3.09. The van der Waals surface area contributed by atoms with E-state index in [9.17, 15) is 8.42 Å². The fourth-order valence-electron chi connectivity index (χ4n) is 0.852. The normalized spacial score (nSPS) is 11.8. The van der Waals surface area contributed by atoms with Crippen molar-refractivity contribution in [2.45, 2.75) is 0 Å². The molecule has 1 aromatic heterocycles. The van der Waals surface area contributed by atoms with Crippen LogP contribution >= 0.6 is 11.6 Å². The van der Waals surface area contributed by atoms with Crippen LogP contribution in [0.25, 0.3) is 0 Å². The summed E-state index contributed by atoms with van der Waals surface area (Å²) in [6.07, 6.45) is 2.42. The van der Waals surface area contributed by atoms with Crippen LogP contribution in [-0.4, -0.2) is 54.1 Å². The number of halogens is 1. The summed E-state index contributed by atoms with van der Waals surface area (Å²) < 4.78 is 23.4. The summed E-state index contributed by atoms with van der Waals surface area (Å²) in [5.41, 5.74) is 0. The van der Waals surface area contributed by atoms with Crippen molar-refractivity contribution in [1.82, 2.24) is 19.3 Å². The largest absolute Gasteiger partial charge is 0.353 e. The van der Waals surface area contributed by atoms with Gasteiger partial charge >= 0.3 is 0 Å². The summed E-state index contributed by atoms with van der Waals surface area (Å²) in [5.74, 6) is 0.321. The van der Waals surface area contributed by atoms with Gasteiger partial charge in [0.15, 0.2) is 0 Å². The Kier molecular flexibility index (Phi) is 4.39. The van der Waals surface area contributed by atoms with Crippen molar-refractivity contribution in [2.75, 3.05) is 31.7 Å². The molecule has 90 valence electrons. The van der Waals surface area contributed by atoms with Crippen LogP contribution < -0.4 is 5.32 Å². The number of likely N-dealkylation sites (N-methyl/N-ethyl adjacent to an activating group) is 1. The molecule has 0 aliphatic rings. The van der Waals surface area contributed by atoms with Gasteiger partial charge in [0.05, 0.1) is 6.26 Å². The third kappa shape index (κ3) is 4.25. The monoisotopic (exact) mass is 265 g/mol. The molecule has 1 N–H and O–H groups in total. The zero-order chi connectivity index (χ0) is 12.2. The van der Waals surface area contributed by atoms with Gasteiger partial charge in [-0.05, 0) is 11.6 Å². The lowest BCUT2D eigenvalue weighted by atomic mass is 10.6. The number of sulfonamides is 1. The van der Waals surface area contributed by atoms with Crippen LogP contribution in [0.5, 0.6) is 0 Å². The second-order valence-corrected chi connectivity index (χ2v) is 5.52. The molecular weight excluding hydrogens is 254 g/mol. The van der Waals surface area contributed by atoms with Crippen molar-refractivity contribution in [3.63, 3.8) is 0 Å². The van der Waals surface area contributed by atoms with Gasteiger partial charge in [-0.2, -0.15) is 4.98 Å². The first kappa shape index (κ1) is 13.1. The minimum atomic E-state index is -3.15. The molecule has 0 spiro atoms. The first-order valence-corrected chi connectivity index (χ1v) is 6.62. The highest BCUT2D eigenvalue weighted by molar-refractivity contribution is 7.88. The number of hydrogen-bond acceptors (Lipinski definition) is 6. The summed E-state index contributed by atoms with van der Waals surface area (Å²) in [6.45, 7) is 0.714. The standard InChI is InChI=1S/C7H12ClN5O2S/c1-13(16(2,14)15)4-3-9-7-11-5-10-6(8)12-7/h5H,3-4H2,1-2H3,(H,9,10,11,12). The molecule has 0 fully saturated rings. The first-order chi connectivity index (χ1) is 7.39. The molecule has 0 saturated carbocycles. The molecule has 0 unspecified atom stereocenters. The van der Waals surface area contributed by atoms with Gasteiger partial charge in [-0.3, -0.25) is 0 Å². The van der Waals surface area contributed by atoms with E-state index in [1.54, 1.807) is 0 Å². The van der Waals surface area contributed by atoms with Crippen molar-refractivity contribution < 1.29 is 8.42 Å². The number of nitrogens with zero attached hydrogens (tertiary/aromatic N) is 4. The van der Waals surface area contributed by atoms with E-state index in [1.165, 1.54) is 17.7 Å². The Morgan fingerprint density at radius 3 is 2.75 bits per heavy atom. The maximum absolute atomic E-state index is 11.1. The Morgan fingerprint density at radius 2 is 2.19 bits per heavy atom. The number of rotatable bonds is 5. The van der Waals surface area contributed by atoms with Crippen molar-refractivity contribution >= 4 is 27.6 Å². The van der Waals surface area contributed by atoms with E-state index in [4.69, 9.17) is 11.6 Å². The van der Waals surface area contributed by atoms with E-state index in [1.807, 2.05) is 0 Å². The molecule has 16 heavy (non-hydrogen) atoms. The minimum absolute atomic E-state index is 0.0916. The molecule has 0 radical (unpaired) electrons. The quantitative estimate of drug-likeness (QED) is 0.795. The number of anilines is 1. The third-order valence-electron chi connectivity index (χ3n) is 1.82. The zero-order valence-electron chi connectivity index (χ0n) is 8.88. The van der Waals surface area contributed by atoms with Crippen molar-refractivity contribution in [3.05, 3.63) is 11.6 Å². The fourth-order valence-corrected chi connectivity index (χ4v) is 1.40. The molecule has 1 heterocycles. The van der Waals surface area contributed by atoms with Crippen LogP contribution in [0.3, 0.4) is 0 Å². The molecule has 1 aromatic rings. The summed E-state index contributed by atoms with van der Waals surface area (Å²) >= 11 is 5.55. The summed E-state index contributed by atoms with van der Waals surface area (Å²) in [4.78, 5) is 11.2. The topological polar surface area (TPSA) is 88.1 Å². The molecular formula is C7H12ClN5O2S. The zero-order valence-corrected chi connectivity index (χ0v) is 10.5. The van der Waals surface area contributed by atoms with Crippen LogP contribution in [0.15, 0.2) is 6.33 Å². The van der Waals surface area contributed by atoms with E-state index in [2.05, 4.69) is 20.3 Å². The Labute approximate surface area is 98.9 Å². The fraction of sp³-hybridized carbons (Fsp3) is 0.571. The molecule has 0 bridgehead atoms. The van der Waals surface area contributed by atoms with Gasteiger partial charge in [-0.15, -0.1) is 0 Å². The van der Waals surface area contributed by atoms with Crippen LogP contribution in [0.2, 0.25) is 5.28 Å². The average Bonchev–Trinajstić information content (AvgIpc) is 2.16. The molecule has 7 nitrogen and oxygen atoms in total. The first-order valence-electron chi connectivity index (χ1n) is 4.39. The molecule has 0 saturated heterocycles. The molecule has 1 rings (SSSR count). The highest BCUT2D eigenvalue weighted by Gasteiger charge is 2.09.